The summed E-state index contributed by atoms with van der Waals surface area (Å²) in [7, 11) is 3.86. The third-order valence-electron chi connectivity index (χ3n) is 8.32. The van der Waals surface area contributed by atoms with Gasteiger partial charge in [0.25, 0.3) is 0 Å². The zero-order chi connectivity index (χ0) is 22.1. The van der Waals surface area contributed by atoms with Crippen molar-refractivity contribution in [2.75, 3.05) is 20.7 Å². The van der Waals surface area contributed by atoms with E-state index in [-0.39, 0.29) is 23.2 Å². The molecule has 2 fully saturated rings. The molecule has 3 heterocycles. The van der Waals surface area contributed by atoms with Crippen molar-refractivity contribution in [3.8, 4) is 11.5 Å². The van der Waals surface area contributed by atoms with Crippen molar-refractivity contribution < 1.29 is 27.6 Å². The Morgan fingerprint density at radius 1 is 1.23 bits per heavy atom. The summed E-state index contributed by atoms with van der Waals surface area (Å²) < 4.78 is 23.2. The summed E-state index contributed by atoms with van der Waals surface area (Å²) in [4.78, 5) is 24.7. The molecular formula is C24H30NO6+. The van der Waals surface area contributed by atoms with Crippen LogP contribution in [0.3, 0.4) is 0 Å². The van der Waals surface area contributed by atoms with E-state index in [9.17, 15) is 9.59 Å². The molecule has 31 heavy (non-hydrogen) atoms. The number of likely N-dealkylation sites (tertiary alicyclic amines) is 1. The second kappa shape index (κ2) is 6.73. The molecular weight excluding hydrogens is 398 g/mol. The summed E-state index contributed by atoms with van der Waals surface area (Å²) in [6.45, 7) is 7.57. The van der Waals surface area contributed by atoms with Crippen molar-refractivity contribution in [1.29, 1.82) is 0 Å². The number of carbonyl (C=O) groups is 1. The van der Waals surface area contributed by atoms with E-state index in [1.165, 1.54) is 0 Å². The van der Waals surface area contributed by atoms with E-state index in [2.05, 4.69) is 27.0 Å². The van der Waals surface area contributed by atoms with Gasteiger partial charge >= 0.3 is 5.82 Å². The molecule has 7 nitrogen and oxygen atoms in total. The monoisotopic (exact) mass is 428 g/mol. The van der Waals surface area contributed by atoms with Crippen LogP contribution in [-0.4, -0.2) is 43.1 Å². The largest absolute Gasteiger partial charge is 0.519 e. The van der Waals surface area contributed by atoms with E-state index >= 15 is 0 Å². The zero-order valence-corrected chi connectivity index (χ0v) is 18.8. The maximum atomic E-state index is 13.1. The standard InChI is InChI=1S/C24H30NO6/c1-13-6-9-18(28-5)21-20(13)24-10-11-25(4,12-19-15(3)29-23(27)30-19)14(2)16(24)7-8-17(26)22(24)31-21/h6,9,14,16,22H,7-8,10-12H2,1-5H3/q+1. The quantitative estimate of drug-likeness (QED) is 0.698. The van der Waals surface area contributed by atoms with Crippen LogP contribution in [-0.2, 0) is 16.8 Å². The third kappa shape index (κ3) is 2.68. The fourth-order valence-corrected chi connectivity index (χ4v) is 6.55. The molecule has 1 spiro atoms. The number of ether oxygens (including phenoxy) is 2. The fourth-order valence-electron chi connectivity index (χ4n) is 6.55. The van der Waals surface area contributed by atoms with Crippen LogP contribution in [0.5, 0.6) is 11.5 Å². The minimum atomic E-state index is -0.649. The van der Waals surface area contributed by atoms with Gasteiger partial charge in [-0.2, -0.15) is 0 Å². The molecule has 5 unspecified atom stereocenters. The minimum Gasteiger partial charge on any atom is -0.493 e. The number of ketones is 1. The number of methoxy groups -OCH3 is 1. The average molecular weight is 429 g/mol. The van der Waals surface area contributed by atoms with Crippen LogP contribution in [0.25, 0.3) is 0 Å². The van der Waals surface area contributed by atoms with Crippen molar-refractivity contribution in [3.05, 3.63) is 45.4 Å². The summed E-state index contributed by atoms with van der Waals surface area (Å²) in [6, 6.07) is 4.24. The Labute approximate surface area is 181 Å². The lowest BCUT2D eigenvalue weighted by molar-refractivity contribution is -0.955. The van der Waals surface area contributed by atoms with E-state index < -0.39 is 11.9 Å². The van der Waals surface area contributed by atoms with Gasteiger partial charge in [-0.3, -0.25) is 4.79 Å². The van der Waals surface area contributed by atoms with Gasteiger partial charge < -0.3 is 22.8 Å². The molecule has 1 saturated carbocycles. The minimum absolute atomic E-state index is 0.189. The van der Waals surface area contributed by atoms with Gasteiger partial charge in [0, 0.05) is 24.3 Å². The first-order valence-corrected chi connectivity index (χ1v) is 11.0. The average Bonchev–Trinajstić information content (AvgIpc) is 3.24. The molecule has 1 aliphatic carbocycles. The van der Waals surface area contributed by atoms with Crippen molar-refractivity contribution in [1.82, 2.24) is 0 Å². The molecule has 0 N–H and O–H groups in total. The lowest BCUT2D eigenvalue weighted by Crippen LogP contribution is -2.68. The van der Waals surface area contributed by atoms with Crippen LogP contribution < -0.4 is 15.3 Å². The highest BCUT2D eigenvalue weighted by Gasteiger charge is 2.66. The maximum Gasteiger partial charge on any atom is 0.519 e. The Balaban J connectivity index is 1.60. The lowest BCUT2D eigenvalue weighted by Gasteiger charge is -2.56. The number of aryl methyl sites for hydroxylation is 2. The van der Waals surface area contributed by atoms with Crippen LogP contribution in [0.2, 0.25) is 0 Å². The molecule has 166 valence electrons. The summed E-state index contributed by atoms with van der Waals surface area (Å²) in [5.41, 5.74) is 1.96. The van der Waals surface area contributed by atoms with Gasteiger partial charge in [-0.15, -0.1) is 0 Å². The molecule has 1 saturated heterocycles. The van der Waals surface area contributed by atoms with Gasteiger partial charge in [0.05, 0.1) is 32.2 Å². The Morgan fingerprint density at radius 2 is 2.00 bits per heavy atom. The highest BCUT2D eigenvalue weighted by atomic mass is 16.6. The van der Waals surface area contributed by atoms with E-state index in [1.54, 1.807) is 14.0 Å². The topological polar surface area (TPSA) is 78.9 Å². The second-order valence-electron chi connectivity index (χ2n) is 9.72. The zero-order valence-electron chi connectivity index (χ0n) is 18.8. The summed E-state index contributed by atoms with van der Waals surface area (Å²) in [5, 5.41) is 0. The highest BCUT2D eigenvalue weighted by Crippen LogP contribution is 2.61. The van der Waals surface area contributed by atoms with Gasteiger partial charge in [0.15, 0.2) is 29.1 Å². The van der Waals surface area contributed by atoms with Crippen LogP contribution in [0.15, 0.2) is 25.8 Å². The van der Waals surface area contributed by atoms with Crippen molar-refractivity contribution in [3.63, 3.8) is 0 Å². The maximum absolute atomic E-state index is 13.1. The predicted molar refractivity (Wildman–Crippen MR) is 112 cm³/mol. The van der Waals surface area contributed by atoms with Crippen molar-refractivity contribution >= 4 is 5.78 Å². The number of rotatable bonds is 3. The van der Waals surface area contributed by atoms with Gasteiger partial charge in [0.2, 0.25) is 5.76 Å². The molecule has 2 aromatic rings. The molecule has 1 aromatic carbocycles. The Hall–Kier alpha value is -2.54. The Kier molecular flexibility index (Phi) is 4.42. The smallest absolute Gasteiger partial charge is 0.493 e. The van der Waals surface area contributed by atoms with Crippen LogP contribution in [0.1, 0.15) is 48.8 Å². The van der Waals surface area contributed by atoms with Gasteiger partial charge in [-0.1, -0.05) is 6.07 Å². The fraction of sp³-hybridized carbons (Fsp3) is 0.583. The van der Waals surface area contributed by atoms with E-state index in [0.29, 0.717) is 30.2 Å². The first kappa shape index (κ1) is 20.4. The number of hydrogen-bond donors (Lipinski definition) is 0. The molecule has 0 radical (unpaired) electrons. The summed E-state index contributed by atoms with van der Waals surface area (Å²) in [5.74, 6) is 2.40. The molecule has 5 atom stereocenters. The lowest BCUT2D eigenvalue weighted by atomic mass is 9.55. The highest BCUT2D eigenvalue weighted by molar-refractivity contribution is 5.88. The molecule has 0 amide bonds. The molecule has 5 rings (SSSR count). The summed E-state index contributed by atoms with van der Waals surface area (Å²) >= 11 is 0. The number of Topliss-reactive ketones (excluding diaryl/α,β-unsaturated/α-hetero) is 1. The van der Waals surface area contributed by atoms with Gasteiger partial charge in [-0.05, 0) is 38.8 Å². The third-order valence-corrected chi connectivity index (χ3v) is 8.32. The Bertz CT molecular complexity index is 1120. The number of hydrogen-bond acceptors (Lipinski definition) is 6. The number of benzene rings is 1. The molecule has 1 aromatic heterocycles. The molecule has 0 bridgehead atoms. The van der Waals surface area contributed by atoms with Crippen molar-refractivity contribution in [2.24, 2.45) is 5.92 Å². The van der Waals surface area contributed by atoms with Crippen LogP contribution in [0, 0.1) is 19.8 Å². The van der Waals surface area contributed by atoms with E-state index in [4.69, 9.17) is 18.3 Å². The number of nitrogens with zero attached hydrogens (tertiary/aromatic N) is 1. The van der Waals surface area contributed by atoms with Crippen LogP contribution in [0.4, 0.5) is 0 Å². The second-order valence-corrected chi connectivity index (χ2v) is 9.72. The van der Waals surface area contributed by atoms with Gasteiger partial charge in [-0.25, -0.2) is 4.79 Å². The number of quaternary nitrogens is 1. The molecule has 3 aliphatic rings. The van der Waals surface area contributed by atoms with E-state index in [0.717, 1.165) is 40.7 Å². The summed E-state index contributed by atoms with van der Waals surface area (Å²) in [6.07, 6.45) is 1.73. The number of fused-ring (bicyclic) bond motifs is 1. The van der Waals surface area contributed by atoms with Crippen molar-refractivity contribution in [2.45, 2.75) is 64.1 Å². The number of carbonyl (C=O) groups excluding carboxylic acids is 1. The SMILES string of the molecule is COc1ccc(C)c2c1OC1C(=O)CCC3C(C)[N+](C)(Cc4oc(=O)oc4C)CCC213. The first-order valence-electron chi connectivity index (χ1n) is 11.0. The normalized spacial score (nSPS) is 34.0. The Morgan fingerprint density at radius 3 is 2.68 bits per heavy atom. The molecule has 7 heteroatoms. The van der Waals surface area contributed by atoms with Crippen LogP contribution >= 0.6 is 0 Å². The predicted octanol–water partition coefficient (Wildman–Crippen LogP) is 3.28. The first-order chi connectivity index (χ1) is 14.7. The number of piperidine rings is 1. The molecule has 2 aliphatic heterocycles. The van der Waals surface area contributed by atoms with E-state index in [1.807, 2.05) is 6.07 Å². The van der Waals surface area contributed by atoms with Gasteiger partial charge in [0.1, 0.15) is 6.54 Å².